The molecule has 0 aromatic carbocycles. The average Bonchev–Trinajstić information content (AvgIpc) is 3.07. The van der Waals surface area contributed by atoms with Gasteiger partial charge in [-0.25, -0.2) is 4.98 Å². The summed E-state index contributed by atoms with van der Waals surface area (Å²) in [5, 5.41) is 3.44. The van der Waals surface area contributed by atoms with Gasteiger partial charge in [0.05, 0.1) is 7.11 Å². The van der Waals surface area contributed by atoms with Crippen molar-refractivity contribution in [3.63, 3.8) is 0 Å². The van der Waals surface area contributed by atoms with E-state index < -0.39 is 0 Å². The number of nitrogens with zero attached hydrogens (tertiary/aromatic N) is 2. The second kappa shape index (κ2) is 5.54. The smallest absolute Gasteiger partial charge is 0.259 e. The summed E-state index contributed by atoms with van der Waals surface area (Å²) in [6.45, 7) is 1.91. The summed E-state index contributed by atoms with van der Waals surface area (Å²) in [5.41, 5.74) is 2.99. The molecule has 1 N–H and O–H groups in total. The summed E-state index contributed by atoms with van der Waals surface area (Å²) in [4.78, 5) is 19.9. The molecule has 1 aromatic heterocycles. The second-order valence-corrected chi connectivity index (χ2v) is 6.59. The lowest BCUT2D eigenvalue weighted by atomic mass is 10.1. The van der Waals surface area contributed by atoms with Gasteiger partial charge in [-0.15, -0.1) is 0 Å². The first-order valence-corrected chi connectivity index (χ1v) is 8.38. The molecular weight excluding hydrogens is 278 g/mol. The Morgan fingerprint density at radius 1 is 1.32 bits per heavy atom. The number of aryl methyl sites for hydroxylation is 2. The minimum absolute atomic E-state index is 0.107. The molecule has 1 aromatic rings. The van der Waals surface area contributed by atoms with Crippen LogP contribution in [0.1, 0.15) is 47.3 Å². The van der Waals surface area contributed by atoms with E-state index in [0.29, 0.717) is 23.5 Å². The average molecular weight is 301 g/mol. The quantitative estimate of drug-likeness (QED) is 0.900. The van der Waals surface area contributed by atoms with Crippen LogP contribution in [-0.2, 0) is 12.8 Å². The van der Waals surface area contributed by atoms with Crippen molar-refractivity contribution in [2.75, 3.05) is 20.2 Å². The predicted molar refractivity (Wildman–Crippen MR) is 83.3 cm³/mol. The maximum atomic E-state index is 13.2. The first kappa shape index (κ1) is 14.0. The number of fused-ring (bicyclic) bond motifs is 3. The molecule has 2 atom stereocenters. The van der Waals surface area contributed by atoms with Crippen molar-refractivity contribution in [2.24, 2.45) is 0 Å². The van der Waals surface area contributed by atoms with Crippen LogP contribution >= 0.6 is 0 Å². The molecule has 1 aliphatic carbocycles. The van der Waals surface area contributed by atoms with Gasteiger partial charge >= 0.3 is 0 Å². The molecule has 118 valence electrons. The van der Waals surface area contributed by atoms with Gasteiger partial charge in [0.1, 0.15) is 5.56 Å². The minimum atomic E-state index is 0.107. The van der Waals surface area contributed by atoms with Crippen molar-refractivity contribution < 1.29 is 9.53 Å². The number of amides is 1. The fourth-order valence-electron chi connectivity index (χ4n) is 4.21. The molecule has 0 radical (unpaired) electrons. The van der Waals surface area contributed by atoms with Crippen LogP contribution < -0.4 is 10.1 Å². The van der Waals surface area contributed by atoms with E-state index in [1.165, 1.54) is 5.56 Å². The third-order valence-electron chi connectivity index (χ3n) is 5.33. The molecule has 2 aliphatic heterocycles. The topological polar surface area (TPSA) is 54.5 Å². The monoisotopic (exact) mass is 301 g/mol. The Labute approximate surface area is 131 Å². The number of rotatable bonds is 2. The van der Waals surface area contributed by atoms with E-state index in [0.717, 1.165) is 57.3 Å². The lowest BCUT2D eigenvalue weighted by Gasteiger charge is -2.28. The summed E-state index contributed by atoms with van der Waals surface area (Å²) >= 11 is 0. The van der Waals surface area contributed by atoms with Gasteiger partial charge in [0.25, 0.3) is 5.91 Å². The van der Waals surface area contributed by atoms with Gasteiger partial charge in [0.15, 0.2) is 0 Å². The van der Waals surface area contributed by atoms with E-state index in [1.807, 2.05) is 6.07 Å². The molecule has 0 unspecified atom stereocenters. The van der Waals surface area contributed by atoms with E-state index in [1.54, 1.807) is 7.11 Å². The molecule has 3 heterocycles. The zero-order valence-electron chi connectivity index (χ0n) is 13.1. The van der Waals surface area contributed by atoms with Gasteiger partial charge in [-0.05, 0) is 56.7 Å². The third kappa shape index (κ3) is 2.19. The van der Waals surface area contributed by atoms with Crippen molar-refractivity contribution in [3.8, 4) is 5.88 Å². The SMILES string of the molecule is COc1nc2c(cc1C(=O)N1[C@H]3CCNC[C@@H]1CC3)CCC2. The van der Waals surface area contributed by atoms with Gasteiger partial charge in [0, 0.05) is 24.3 Å². The Hall–Kier alpha value is -1.62. The summed E-state index contributed by atoms with van der Waals surface area (Å²) in [5.74, 6) is 0.609. The Kier molecular flexibility index (Phi) is 3.53. The highest BCUT2D eigenvalue weighted by molar-refractivity contribution is 5.97. The van der Waals surface area contributed by atoms with Crippen molar-refractivity contribution in [2.45, 2.75) is 50.6 Å². The number of hydrogen-bond donors (Lipinski definition) is 1. The van der Waals surface area contributed by atoms with Crippen LogP contribution in [0, 0.1) is 0 Å². The number of methoxy groups -OCH3 is 1. The maximum absolute atomic E-state index is 13.2. The molecule has 1 amide bonds. The van der Waals surface area contributed by atoms with E-state index in [-0.39, 0.29) is 5.91 Å². The number of carbonyl (C=O) groups excluding carboxylic acids is 1. The van der Waals surface area contributed by atoms with Crippen LogP contribution in [0.4, 0.5) is 0 Å². The molecule has 4 rings (SSSR count). The molecule has 2 saturated heterocycles. The van der Waals surface area contributed by atoms with Crippen molar-refractivity contribution in [1.82, 2.24) is 15.2 Å². The summed E-state index contributed by atoms with van der Waals surface area (Å²) in [6.07, 6.45) is 6.42. The number of ether oxygens (including phenoxy) is 1. The molecule has 5 heteroatoms. The molecule has 3 aliphatic rings. The zero-order chi connectivity index (χ0) is 15.1. The molecule has 2 fully saturated rings. The minimum Gasteiger partial charge on any atom is -0.480 e. The van der Waals surface area contributed by atoms with Crippen molar-refractivity contribution in [3.05, 3.63) is 22.9 Å². The summed E-state index contributed by atoms with van der Waals surface area (Å²) in [6, 6.07) is 2.72. The summed E-state index contributed by atoms with van der Waals surface area (Å²) < 4.78 is 5.43. The highest BCUT2D eigenvalue weighted by Gasteiger charge is 2.39. The number of aromatic nitrogens is 1. The standard InChI is InChI=1S/C17H23N3O2/c1-22-16-14(9-11-3-2-4-15(11)19-16)17(21)20-12-5-6-13(20)10-18-8-7-12/h9,12-13,18H,2-8,10H2,1H3/t12-,13+/m1/s1. The van der Waals surface area contributed by atoms with Gasteiger partial charge < -0.3 is 15.0 Å². The first-order chi connectivity index (χ1) is 10.8. The number of hydrogen-bond acceptors (Lipinski definition) is 4. The van der Waals surface area contributed by atoms with Gasteiger partial charge in [-0.3, -0.25) is 4.79 Å². The summed E-state index contributed by atoms with van der Waals surface area (Å²) in [7, 11) is 1.61. The van der Waals surface area contributed by atoms with Crippen LogP contribution in [0.5, 0.6) is 5.88 Å². The Morgan fingerprint density at radius 3 is 3.05 bits per heavy atom. The number of carbonyl (C=O) groups is 1. The van der Waals surface area contributed by atoms with Gasteiger partial charge in [0.2, 0.25) is 5.88 Å². The van der Waals surface area contributed by atoms with Crippen LogP contribution in [0.2, 0.25) is 0 Å². The fraction of sp³-hybridized carbons (Fsp3) is 0.647. The fourth-order valence-corrected chi connectivity index (χ4v) is 4.21. The molecule has 5 nitrogen and oxygen atoms in total. The third-order valence-corrected chi connectivity index (χ3v) is 5.33. The molecule has 2 bridgehead atoms. The second-order valence-electron chi connectivity index (χ2n) is 6.59. The predicted octanol–water partition coefficient (Wildman–Crippen LogP) is 1.55. The largest absolute Gasteiger partial charge is 0.480 e. The van der Waals surface area contributed by atoms with Crippen LogP contribution in [-0.4, -0.2) is 48.1 Å². The Balaban J connectivity index is 1.70. The molecule has 22 heavy (non-hydrogen) atoms. The number of pyridine rings is 1. The van der Waals surface area contributed by atoms with Gasteiger partial charge in [-0.2, -0.15) is 0 Å². The zero-order valence-corrected chi connectivity index (χ0v) is 13.1. The van der Waals surface area contributed by atoms with Crippen LogP contribution in [0.25, 0.3) is 0 Å². The van der Waals surface area contributed by atoms with E-state index in [2.05, 4.69) is 15.2 Å². The van der Waals surface area contributed by atoms with Crippen LogP contribution in [0.3, 0.4) is 0 Å². The lowest BCUT2D eigenvalue weighted by molar-refractivity contribution is 0.0676. The Bertz CT molecular complexity index is 588. The highest BCUT2D eigenvalue weighted by atomic mass is 16.5. The normalized spacial score (nSPS) is 26.7. The van der Waals surface area contributed by atoms with Gasteiger partial charge in [-0.1, -0.05) is 0 Å². The van der Waals surface area contributed by atoms with E-state index >= 15 is 0 Å². The van der Waals surface area contributed by atoms with E-state index in [9.17, 15) is 4.79 Å². The first-order valence-electron chi connectivity index (χ1n) is 8.38. The maximum Gasteiger partial charge on any atom is 0.259 e. The molecule has 0 saturated carbocycles. The van der Waals surface area contributed by atoms with Crippen molar-refractivity contribution in [1.29, 1.82) is 0 Å². The number of nitrogens with one attached hydrogen (secondary N) is 1. The van der Waals surface area contributed by atoms with E-state index in [4.69, 9.17) is 4.74 Å². The highest BCUT2D eigenvalue weighted by Crippen LogP contribution is 2.33. The molecular formula is C17H23N3O2. The lowest BCUT2D eigenvalue weighted by Crippen LogP contribution is -2.42. The Morgan fingerprint density at radius 2 is 2.18 bits per heavy atom. The van der Waals surface area contributed by atoms with Crippen molar-refractivity contribution >= 4 is 5.91 Å². The molecule has 0 spiro atoms. The van der Waals surface area contributed by atoms with Crippen LogP contribution in [0.15, 0.2) is 6.07 Å².